The van der Waals surface area contributed by atoms with E-state index >= 15 is 0 Å². The molecule has 27 heavy (non-hydrogen) atoms. The summed E-state index contributed by atoms with van der Waals surface area (Å²) in [5, 5.41) is 19.2. The highest BCUT2D eigenvalue weighted by molar-refractivity contribution is 5.77. The fourth-order valence-corrected chi connectivity index (χ4v) is 3.48. The average Bonchev–Trinajstić information content (AvgIpc) is 2.68. The summed E-state index contributed by atoms with van der Waals surface area (Å²) in [4.78, 5) is 20.4. The van der Waals surface area contributed by atoms with Crippen LogP contribution >= 0.6 is 0 Å². The number of ether oxygens (including phenoxy) is 1. The van der Waals surface area contributed by atoms with Gasteiger partial charge in [-0.2, -0.15) is 5.26 Å². The standard InChI is InChI=1S/C20H22N4O3/c1-14-5-6-17(27-2)16(12-14)18(20(25)26)23-8-10-24(11-9-23)19-15(13-21)4-3-7-22-19/h3-7,12,18H,8-11H2,1-2H3,(H,25,26). The van der Waals surface area contributed by atoms with Gasteiger partial charge in [0, 0.05) is 37.9 Å². The van der Waals surface area contributed by atoms with Gasteiger partial charge in [0.25, 0.3) is 0 Å². The number of carbonyl (C=O) groups is 1. The minimum Gasteiger partial charge on any atom is -0.496 e. The van der Waals surface area contributed by atoms with E-state index in [0.717, 1.165) is 5.56 Å². The Kier molecular flexibility index (Phi) is 5.57. The fourth-order valence-electron chi connectivity index (χ4n) is 3.48. The molecular weight excluding hydrogens is 344 g/mol. The summed E-state index contributed by atoms with van der Waals surface area (Å²) in [7, 11) is 1.55. The zero-order chi connectivity index (χ0) is 19.4. The van der Waals surface area contributed by atoms with Crippen molar-refractivity contribution in [3.8, 4) is 11.8 Å². The maximum atomic E-state index is 12.1. The largest absolute Gasteiger partial charge is 0.496 e. The molecule has 1 aliphatic rings. The van der Waals surface area contributed by atoms with Crippen molar-refractivity contribution < 1.29 is 14.6 Å². The Bertz CT molecular complexity index is 870. The Morgan fingerprint density at radius 2 is 2.04 bits per heavy atom. The number of nitrogens with zero attached hydrogens (tertiary/aromatic N) is 4. The highest BCUT2D eigenvalue weighted by atomic mass is 16.5. The molecular formula is C20H22N4O3. The second kappa shape index (κ2) is 8.06. The molecule has 1 unspecified atom stereocenters. The molecule has 140 valence electrons. The molecule has 7 nitrogen and oxygen atoms in total. The molecule has 1 atom stereocenters. The van der Waals surface area contributed by atoms with Gasteiger partial charge in [0.05, 0.1) is 12.7 Å². The lowest BCUT2D eigenvalue weighted by atomic mass is 10.0. The summed E-state index contributed by atoms with van der Waals surface area (Å²) < 4.78 is 5.40. The molecule has 0 bridgehead atoms. The number of hydrogen-bond donors (Lipinski definition) is 1. The van der Waals surface area contributed by atoms with Gasteiger partial charge in [-0.15, -0.1) is 0 Å². The predicted molar refractivity (Wildman–Crippen MR) is 101 cm³/mol. The van der Waals surface area contributed by atoms with Gasteiger partial charge in [0.1, 0.15) is 23.7 Å². The highest BCUT2D eigenvalue weighted by Crippen LogP contribution is 2.32. The van der Waals surface area contributed by atoms with Gasteiger partial charge in [0.15, 0.2) is 0 Å². The van der Waals surface area contributed by atoms with Crippen LogP contribution in [0.3, 0.4) is 0 Å². The molecule has 7 heteroatoms. The van der Waals surface area contributed by atoms with E-state index in [1.807, 2.05) is 34.9 Å². The fraction of sp³-hybridized carbons (Fsp3) is 0.350. The number of rotatable bonds is 5. The predicted octanol–water partition coefficient (Wildman–Crippen LogP) is 2.22. The van der Waals surface area contributed by atoms with Crippen molar-refractivity contribution in [2.24, 2.45) is 0 Å². The minimum absolute atomic E-state index is 0.529. The number of carboxylic acid groups (broad SMARTS) is 1. The topological polar surface area (TPSA) is 89.7 Å². The van der Waals surface area contributed by atoms with Crippen LogP contribution in [0.15, 0.2) is 36.5 Å². The van der Waals surface area contributed by atoms with Crippen LogP contribution < -0.4 is 9.64 Å². The van der Waals surface area contributed by atoms with E-state index in [1.54, 1.807) is 25.4 Å². The number of nitriles is 1. The van der Waals surface area contributed by atoms with Gasteiger partial charge >= 0.3 is 5.97 Å². The zero-order valence-corrected chi connectivity index (χ0v) is 15.4. The van der Waals surface area contributed by atoms with E-state index in [-0.39, 0.29) is 0 Å². The van der Waals surface area contributed by atoms with E-state index < -0.39 is 12.0 Å². The molecule has 1 aliphatic heterocycles. The molecule has 3 rings (SSSR count). The first-order valence-electron chi connectivity index (χ1n) is 8.76. The summed E-state index contributed by atoms with van der Waals surface area (Å²) in [6.07, 6.45) is 1.67. The van der Waals surface area contributed by atoms with E-state index in [1.165, 1.54) is 0 Å². The minimum atomic E-state index is -0.900. The van der Waals surface area contributed by atoms with Gasteiger partial charge < -0.3 is 14.7 Å². The Balaban J connectivity index is 1.82. The number of carboxylic acids is 1. The van der Waals surface area contributed by atoms with Crippen LogP contribution in [0, 0.1) is 18.3 Å². The first-order valence-corrected chi connectivity index (χ1v) is 8.76. The molecule has 0 saturated carbocycles. The van der Waals surface area contributed by atoms with Gasteiger partial charge in [-0.1, -0.05) is 17.7 Å². The number of piperazine rings is 1. The van der Waals surface area contributed by atoms with Crippen molar-refractivity contribution in [1.29, 1.82) is 5.26 Å². The summed E-state index contributed by atoms with van der Waals surface area (Å²) >= 11 is 0. The third-order valence-electron chi connectivity index (χ3n) is 4.80. The van der Waals surface area contributed by atoms with E-state index in [2.05, 4.69) is 11.1 Å². The Hall–Kier alpha value is -3.11. The summed E-state index contributed by atoms with van der Waals surface area (Å²) in [5.41, 5.74) is 2.18. The lowest BCUT2D eigenvalue weighted by molar-refractivity contribution is -0.143. The molecule has 2 aromatic rings. The van der Waals surface area contributed by atoms with Crippen molar-refractivity contribution in [2.75, 3.05) is 38.2 Å². The smallest absolute Gasteiger partial charge is 0.325 e. The molecule has 0 aliphatic carbocycles. The second-order valence-electron chi connectivity index (χ2n) is 6.50. The molecule has 1 aromatic heterocycles. The van der Waals surface area contributed by atoms with Crippen LogP contribution in [0.4, 0.5) is 5.82 Å². The molecule has 0 radical (unpaired) electrons. The normalized spacial score (nSPS) is 15.8. The van der Waals surface area contributed by atoms with Crippen LogP contribution in [0.25, 0.3) is 0 Å². The number of aryl methyl sites for hydroxylation is 1. The molecule has 0 spiro atoms. The first kappa shape index (κ1) is 18.7. The Morgan fingerprint density at radius 1 is 1.30 bits per heavy atom. The lowest BCUT2D eigenvalue weighted by Crippen LogP contribution is -2.49. The molecule has 1 fully saturated rings. The highest BCUT2D eigenvalue weighted by Gasteiger charge is 2.33. The number of benzene rings is 1. The monoisotopic (exact) mass is 366 g/mol. The van der Waals surface area contributed by atoms with Crippen LogP contribution in [0.5, 0.6) is 5.75 Å². The quantitative estimate of drug-likeness (QED) is 0.868. The molecule has 1 aromatic carbocycles. The van der Waals surface area contributed by atoms with Gasteiger partial charge in [0.2, 0.25) is 0 Å². The van der Waals surface area contributed by atoms with Crippen LogP contribution in [0.2, 0.25) is 0 Å². The summed E-state index contributed by atoms with van der Waals surface area (Å²) in [6, 6.07) is 10.5. The van der Waals surface area contributed by atoms with Crippen LogP contribution in [-0.4, -0.2) is 54.2 Å². The van der Waals surface area contributed by atoms with E-state index in [0.29, 0.717) is 48.9 Å². The van der Waals surface area contributed by atoms with Crippen LogP contribution in [0.1, 0.15) is 22.7 Å². The lowest BCUT2D eigenvalue weighted by Gasteiger charge is -2.38. The molecule has 1 N–H and O–H groups in total. The SMILES string of the molecule is COc1ccc(C)cc1C(C(=O)O)N1CCN(c2ncccc2C#N)CC1. The third-order valence-corrected chi connectivity index (χ3v) is 4.80. The van der Waals surface area contributed by atoms with Crippen molar-refractivity contribution >= 4 is 11.8 Å². The Labute approximate surface area is 158 Å². The van der Waals surface area contributed by atoms with Crippen molar-refractivity contribution in [3.05, 3.63) is 53.2 Å². The molecule has 1 saturated heterocycles. The third kappa shape index (κ3) is 3.86. The van der Waals surface area contributed by atoms with Gasteiger partial charge in [-0.05, 0) is 25.1 Å². The maximum absolute atomic E-state index is 12.1. The van der Waals surface area contributed by atoms with Gasteiger partial charge in [-0.3, -0.25) is 9.69 Å². The number of anilines is 1. The summed E-state index contributed by atoms with van der Waals surface area (Å²) in [6.45, 7) is 4.24. The van der Waals surface area contributed by atoms with Gasteiger partial charge in [-0.25, -0.2) is 4.98 Å². The second-order valence-corrected chi connectivity index (χ2v) is 6.50. The average molecular weight is 366 g/mol. The number of hydrogen-bond acceptors (Lipinski definition) is 6. The summed E-state index contributed by atoms with van der Waals surface area (Å²) in [5.74, 6) is 0.328. The van der Waals surface area contributed by atoms with Crippen molar-refractivity contribution in [3.63, 3.8) is 0 Å². The number of pyridine rings is 1. The molecule has 0 amide bonds. The Morgan fingerprint density at radius 3 is 2.67 bits per heavy atom. The van der Waals surface area contributed by atoms with E-state index in [9.17, 15) is 15.2 Å². The van der Waals surface area contributed by atoms with Crippen molar-refractivity contribution in [2.45, 2.75) is 13.0 Å². The number of aliphatic carboxylic acids is 1. The number of aromatic nitrogens is 1. The van der Waals surface area contributed by atoms with Crippen molar-refractivity contribution in [1.82, 2.24) is 9.88 Å². The van der Waals surface area contributed by atoms with Crippen LogP contribution in [-0.2, 0) is 4.79 Å². The first-order chi connectivity index (χ1) is 13.0. The molecule has 2 heterocycles. The van der Waals surface area contributed by atoms with E-state index in [4.69, 9.17) is 4.74 Å². The maximum Gasteiger partial charge on any atom is 0.325 e. The number of methoxy groups -OCH3 is 1. The zero-order valence-electron chi connectivity index (χ0n) is 15.4.